The summed E-state index contributed by atoms with van der Waals surface area (Å²) >= 11 is 0. The minimum atomic E-state index is -1.08. The van der Waals surface area contributed by atoms with Crippen LogP contribution in [0.5, 0.6) is 0 Å². The van der Waals surface area contributed by atoms with Crippen molar-refractivity contribution in [1.29, 1.82) is 0 Å². The number of pyridine rings is 1. The Kier molecular flexibility index (Phi) is 8.12. The molecule has 16 heavy (non-hydrogen) atoms. The van der Waals surface area contributed by atoms with Gasteiger partial charge in [-0.1, -0.05) is 19.4 Å². The van der Waals surface area contributed by atoms with E-state index >= 15 is 0 Å². The summed E-state index contributed by atoms with van der Waals surface area (Å²) in [6, 6.07) is 6.34. The molecule has 0 fully saturated rings. The molecule has 3 nitrogen and oxygen atoms in total. The van der Waals surface area contributed by atoms with Crippen LogP contribution in [-0.4, -0.2) is 5.97 Å². The monoisotopic (exact) mass is 223 g/mol. The number of nitrogens with zero attached hydrogens (tertiary/aromatic N) is 1. The van der Waals surface area contributed by atoms with Gasteiger partial charge in [0.15, 0.2) is 11.9 Å². The van der Waals surface area contributed by atoms with Gasteiger partial charge < -0.3 is 9.90 Å². The molecule has 0 bridgehead atoms. The van der Waals surface area contributed by atoms with Crippen molar-refractivity contribution in [1.82, 2.24) is 0 Å². The third kappa shape index (κ3) is 7.97. The number of aryl methyl sites for hydroxylation is 2. The van der Waals surface area contributed by atoms with E-state index in [0.717, 1.165) is 6.92 Å². The third-order valence-corrected chi connectivity index (χ3v) is 2.17. The number of hydrogen-bond acceptors (Lipinski definition) is 2. The summed E-state index contributed by atoms with van der Waals surface area (Å²) in [5.41, 5.74) is 1.36. The zero-order valence-corrected chi connectivity index (χ0v) is 10.4. The predicted molar refractivity (Wildman–Crippen MR) is 61.6 cm³/mol. The molecule has 0 aliphatic carbocycles. The molecule has 0 spiro atoms. The van der Waals surface area contributed by atoms with Gasteiger partial charge in [0.05, 0.1) is 0 Å². The Bertz CT molecular complexity index is 307. The van der Waals surface area contributed by atoms with Gasteiger partial charge in [0.25, 0.3) is 0 Å². The molecule has 0 radical (unpaired) electrons. The van der Waals surface area contributed by atoms with Crippen molar-refractivity contribution in [3.8, 4) is 0 Å². The lowest BCUT2D eigenvalue weighted by molar-refractivity contribution is -0.703. The summed E-state index contributed by atoms with van der Waals surface area (Å²) in [5, 5.41) is 8.89. The van der Waals surface area contributed by atoms with Gasteiger partial charge in [-0.05, 0) is 13.3 Å². The highest BCUT2D eigenvalue weighted by Crippen LogP contribution is 1.95. The number of carboxylic acids is 1. The first kappa shape index (κ1) is 14.6. The van der Waals surface area contributed by atoms with Gasteiger partial charge in [0, 0.05) is 31.4 Å². The van der Waals surface area contributed by atoms with Crippen molar-refractivity contribution in [2.75, 3.05) is 0 Å². The van der Waals surface area contributed by atoms with E-state index in [1.54, 1.807) is 0 Å². The quantitative estimate of drug-likeness (QED) is 0.569. The average Bonchev–Trinajstić information content (AvgIpc) is 2.20. The molecule has 0 N–H and O–H groups in total. The number of carbonyl (C=O) groups excluding carboxylic acids is 1. The zero-order chi connectivity index (χ0) is 12.4. The highest BCUT2D eigenvalue weighted by molar-refractivity contribution is 5.60. The van der Waals surface area contributed by atoms with Gasteiger partial charge in [-0.25, -0.2) is 4.57 Å². The number of carbonyl (C=O) groups is 1. The maximum Gasteiger partial charge on any atom is 0.178 e. The maximum atomic E-state index is 8.89. The van der Waals surface area contributed by atoms with Gasteiger partial charge in [-0.2, -0.15) is 0 Å². The first-order valence-electron chi connectivity index (χ1n) is 5.70. The molecule has 90 valence electrons. The minimum absolute atomic E-state index is 0.972. The molecule has 0 aromatic carbocycles. The second kappa shape index (κ2) is 8.89. The second-order valence-electron chi connectivity index (χ2n) is 3.73. The fourth-order valence-electron chi connectivity index (χ4n) is 1.34. The molecule has 0 amide bonds. The van der Waals surface area contributed by atoms with Gasteiger partial charge in [-0.3, -0.25) is 0 Å². The van der Waals surface area contributed by atoms with Crippen LogP contribution in [0, 0.1) is 6.92 Å². The molecule has 1 heterocycles. The van der Waals surface area contributed by atoms with Gasteiger partial charge in [0.1, 0.15) is 6.54 Å². The summed E-state index contributed by atoms with van der Waals surface area (Å²) in [6.45, 7) is 6.54. The van der Waals surface area contributed by atoms with E-state index in [-0.39, 0.29) is 0 Å². The van der Waals surface area contributed by atoms with Crippen molar-refractivity contribution in [2.24, 2.45) is 0 Å². The number of hydrogen-bond donors (Lipinski definition) is 0. The molecule has 1 aromatic rings. The Hall–Kier alpha value is -1.38. The second-order valence-corrected chi connectivity index (χ2v) is 3.73. The molecule has 3 heteroatoms. The lowest BCUT2D eigenvalue weighted by atomic mass is 10.2. The zero-order valence-electron chi connectivity index (χ0n) is 10.4. The SMILES string of the molecule is CC(=O)[O-].CCCCC[n+]1ccccc1C. The molecule has 0 aliphatic rings. The molecule has 0 saturated heterocycles. The highest BCUT2D eigenvalue weighted by Gasteiger charge is 2.01. The molecule has 0 atom stereocenters. The van der Waals surface area contributed by atoms with Crippen LogP contribution in [0.1, 0.15) is 38.8 Å². The number of carboxylic acid groups (broad SMARTS) is 1. The molecule has 1 rings (SSSR count). The fourth-order valence-corrected chi connectivity index (χ4v) is 1.34. The molecule has 1 aromatic heterocycles. The maximum absolute atomic E-state index is 8.89. The predicted octanol–water partition coefficient (Wildman–Crippen LogP) is 1.23. The Labute approximate surface area is 97.7 Å². The van der Waals surface area contributed by atoms with Crippen LogP contribution < -0.4 is 9.67 Å². The highest BCUT2D eigenvalue weighted by atomic mass is 16.4. The molecule has 0 aliphatic heterocycles. The van der Waals surface area contributed by atoms with Crippen molar-refractivity contribution < 1.29 is 14.5 Å². The topological polar surface area (TPSA) is 44.0 Å². The van der Waals surface area contributed by atoms with Crippen LogP contribution in [0.4, 0.5) is 0 Å². The molecular weight excluding hydrogens is 202 g/mol. The summed E-state index contributed by atoms with van der Waals surface area (Å²) in [6.07, 6.45) is 6.09. The van der Waals surface area contributed by atoms with Crippen molar-refractivity contribution in [3.63, 3.8) is 0 Å². The fraction of sp³-hybridized carbons (Fsp3) is 0.538. The molecule has 0 saturated carbocycles. The first-order valence-corrected chi connectivity index (χ1v) is 5.70. The van der Waals surface area contributed by atoms with E-state index in [2.05, 4.69) is 42.8 Å². The summed E-state index contributed by atoms with van der Waals surface area (Å²) in [4.78, 5) is 8.89. The van der Waals surface area contributed by atoms with E-state index in [1.165, 1.54) is 31.5 Å². The van der Waals surface area contributed by atoms with Crippen molar-refractivity contribution in [3.05, 3.63) is 30.1 Å². The van der Waals surface area contributed by atoms with Crippen LogP contribution in [0.15, 0.2) is 24.4 Å². The van der Waals surface area contributed by atoms with E-state index in [0.29, 0.717) is 0 Å². The summed E-state index contributed by atoms with van der Waals surface area (Å²) in [5.74, 6) is -1.08. The van der Waals surface area contributed by atoms with Crippen molar-refractivity contribution >= 4 is 5.97 Å². The Morgan fingerprint density at radius 3 is 2.50 bits per heavy atom. The number of aliphatic carboxylic acids is 1. The first-order chi connectivity index (χ1) is 7.57. The Morgan fingerprint density at radius 1 is 1.38 bits per heavy atom. The van der Waals surface area contributed by atoms with Crippen LogP contribution in [0.2, 0.25) is 0 Å². The van der Waals surface area contributed by atoms with E-state index in [1.807, 2.05) is 0 Å². The standard InChI is InChI=1S/C11H18N.C2H4O2/c1-3-4-6-9-12-10-7-5-8-11(12)2;1-2(3)4/h5,7-8,10H,3-4,6,9H2,1-2H3;1H3,(H,3,4)/q+1;/p-1. The van der Waals surface area contributed by atoms with Crippen LogP contribution in [0.3, 0.4) is 0 Å². The van der Waals surface area contributed by atoms with Gasteiger partial charge >= 0.3 is 0 Å². The van der Waals surface area contributed by atoms with E-state index in [4.69, 9.17) is 9.90 Å². The van der Waals surface area contributed by atoms with Crippen LogP contribution >= 0.6 is 0 Å². The van der Waals surface area contributed by atoms with E-state index < -0.39 is 5.97 Å². The largest absolute Gasteiger partial charge is 0.550 e. The summed E-state index contributed by atoms with van der Waals surface area (Å²) < 4.78 is 2.32. The third-order valence-electron chi connectivity index (χ3n) is 2.17. The minimum Gasteiger partial charge on any atom is -0.550 e. The Morgan fingerprint density at radius 2 is 2.00 bits per heavy atom. The number of aromatic nitrogens is 1. The normalized spacial score (nSPS) is 9.19. The number of unbranched alkanes of at least 4 members (excludes halogenated alkanes) is 2. The van der Waals surface area contributed by atoms with Crippen LogP contribution in [0.25, 0.3) is 0 Å². The number of rotatable bonds is 4. The smallest absolute Gasteiger partial charge is 0.178 e. The molecular formula is C13H21NO2. The average molecular weight is 223 g/mol. The van der Waals surface area contributed by atoms with Gasteiger partial charge in [0.2, 0.25) is 0 Å². The Balaban J connectivity index is 0.000000487. The van der Waals surface area contributed by atoms with E-state index in [9.17, 15) is 0 Å². The lowest BCUT2D eigenvalue weighted by Gasteiger charge is -1.98. The summed E-state index contributed by atoms with van der Waals surface area (Å²) in [7, 11) is 0. The van der Waals surface area contributed by atoms with Crippen LogP contribution in [-0.2, 0) is 11.3 Å². The van der Waals surface area contributed by atoms with Gasteiger partial charge in [-0.15, -0.1) is 0 Å². The lowest BCUT2D eigenvalue weighted by Crippen LogP contribution is -2.36. The van der Waals surface area contributed by atoms with Crippen molar-refractivity contribution in [2.45, 2.75) is 46.6 Å². The molecule has 0 unspecified atom stereocenters.